The van der Waals surface area contributed by atoms with E-state index in [4.69, 9.17) is 9.47 Å². The molecule has 1 N–H and O–H groups in total. The van der Waals surface area contributed by atoms with Crippen molar-refractivity contribution < 1.29 is 24.2 Å². The van der Waals surface area contributed by atoms with E-state index >= 15 is 0 Å². The summed E-state index contributed by atoms with van der Waals surface area (Å²) in [6.07, 6.45) is 7.69. The third kappa shape index (κ3) is 6.13. The Bertz CT molecular complexity index is 604. The molecule has 0 saturated heterocycles. The molecule has 0 bridgehead atoms. The standard InChI is InChI=1S/C21H30O5/c1-3-4-8-15(2)25-20(23)17-11-16(14-22)12-18(13-17)21(24)26-19-9-6-5-7-10-19/h11-13,15,19,22H,3-10,14H2,1-2H3. The molecule has 1 aliphatic carbocycles. The molecule has 2 rings (SSSR count). The Morgan fingerprint density at radius 2 is 1.77 bits per heavy atom. The molecule has 0 aliphatic heterocycles. The number of rotatable bonds is 8. The molecule has 5 heteroatoms. The van der Waals surface area contributed by atoms with Crippen molar-refractivity contribution in [1.82, 2.24) is 0 Å². The van der Waals surface area contributed by atoms with E-state index in [9.17, 15) is 14.7 Å². The Balaban J connectivity index is 2.08. The van der Waals surface area contributed by atoms with Gasteiger partial charge in [-0.3, -0.25) is 0 Å². The molecule has 0 spiro atoms. The molecule has 1 saturated carbocycles. The minimum absolute atomic E-state index is 0.0569. The molecule has 0 heterocycles. The smallest absolute Gasteiger partial charge is 0.338 e. The summed E-state index contributed by atoms with van der Waals surface area (Å²) in [7, 11) is 0. The molecule has 1 unspecified atom stereocenters. The number of carbonyl (C=O) groups excluding carboxylic acids is 2. The SMILES string of the molecule is CCCCC(C)OC(=O)c1cc(CO)cc(C(=O)OC2CCCCC2)c1. The van der Waals surface area contributed by atoms with E-state index in [2.05, 4.69) is 6.92 Å². The van der Waals surface area contributed by atoms with E-state index in [0.717, 1.165) is 44.9 Å². The molecule has 0 radical (unpaired) electrons. The van der Waals surface area contributed by atoms with Gasteiger partial charge in [-0.25, -0.2) is 9.59 Å². The lowest BCUT2D eigenvalue weighted by molar-refractivity contribution is 0.0211. The highest BCUT2D eigenvalue weighted by Crippen LogP contribution is 2.22. The lowest BCUT2D eigenvalue weighted by atomic mass is 9.97. The van der Waals surface area contributed by atoms with Crippen LogP contribution >= 0.6 is 0 Å². The molecule has 1 fully saturated rings. The van der Waals surface area contributed by atoms with Crippen LogP contribution in [0.5, 0.6) is 0 Å². The number of unbranched alkanes of at least 4 members (excludes halogenated alkanes) is 1. The average Bonchev–Trinajstić information content (AvgIpc) is 2.66. The van der Waals surface area contributed by atoms with Crippen molar-refractivity contribution in [3.8, 4) is 0 Å². The summed E-state index contributed by atoms with van der Waals surface area (Å²) in [6, 6.07) is 4.63. The second-order valence-corrected chi connectivity index (χ2v) is 7.10. The normalized spacial score (nSPS) is 16.1. The average molecular weight is 362 g/mol. The summed E-state index contributed by atoms with van der Waals surface area (Å²) in [5.41, 5.74) is 1.06. The topological polar surface area (TPSA) is 72.8 Å². The van der Waals surface area contributed by atoms with Crippen LogP contribution in [-0.2, 0) is 16.1 Å². The summed E-state index contributed by atoms with van der Waals surface area (Å²) >= 11 is 0. The molecular formula is C21H30O5. The number of hydrogen-bond acceptors (Lipinski definition) is 5. The molecular weight excluding hydrogens is 332 g/mol. The summed E-state index contributed by atoms with van der Waals surface area (Å²) in [5, 5.41) is 9.47. The summed E-state index contributed by atoms with van der Waals surface area (Å²) in [5.74, 6) is -0.920. The fraction of sp³-hybridized carbons (Fsp3) is 0.619. The highest BCUT2D eigenvalue weighted by Gasteiger charge is 2.21. The fourth-order valence-corrected chi connectivity index (χ4v) is 3.22. The highest BCUT2D eigenvalue weighted by atomic mass is 16.5. The predicted molar refractivity (Wildman–Crippen MR) is 99.1 cm³/mol. The first kappa shape index (κ1) is 20.4. The minimum Gasteiger partial charge on any atom is -0.459 e. The summed E-state index contributed by atoms with van der Waals surface area (Å²) in [6.45, 7) is 3.70. The number of benzene rings is 1. The number of carbonyl (C=O) groups is 2. The number of esters is 2. The first-order valence-electron chi connectivity index (χ1n) is 9.70. The molecule has 1 aliphatic rings. The van der Waals surface area contributed by atoms with Gasteiger partial charge in [0.25, 0.3) is 0 Å². The van der Waals surface area contributed by atoms with E-state index in [0.29, 0.717) is 5.56 Å². The van der Waals surface area contributed by atoms with Crippen molar-refractivity contribution >= 4 is 11.9 Å². The van der Waals surface area contributed by atoms with E-state index in [-0.39, 0.29) is 29.9 Å². The maximum absolute atomic E-state index is 12.5. The van der Waals surface area contributed by atoms with Gasteiger partial charge in [0.1, 0.15) is 6.10 Å². The quantitative estimate of drug-likeness (QED) is 0.694. The number of aliphatic hydroxyl groups is 1. The van der Waals surface area contributed by atoms with Gasteiger partial charge in [-0.15, -0.1) is 0 Å². The van der Waals surface area contributed by atoms with Gasteiger partial charge in [-0.1, -0.05) is 26.2 Å². The number of aliphatic hydroxyl groups excluding tert-OH is 1. The van der Waals surface area contributed by atoms with E-state index < -0.39 is 11.9 Å². The third-order valence-electron chi connectivity index (χ3n) is 4.75. The monoisotopic (exact) mass is 362 g/mol. The third-order valence-corrected chi connectivity index (χ3v) is 4.75. The zero-order valence-electron chi connectivity index (χ0n) is 15.8. The van der Waals surface area contributed by atoms with E-state index in [1.54, 1.807) is 12.1 Å². The van der Waals surface area contributed by atoms with Gasteiger partial charge >= 0.3 is 11.9 Å². The fourth-order valence-electron chi connectivity index (χ4n) is 3.22. The number of hydrogen-bond donors (Lipinski definition) is 1. The van der Waals surface area contributed by atoms with Gasteiger partial charge in [-0.2, -0.15) is 0 Å². The molecule has 26 heavy (non-hydrogen) atoms. The second kappa shape index (κ2) is 10.3. The van der Waals surface area contributed by atoms with Crippen LogP contribution in [0.15, 0.2) is 18.2 Å². The molecule has 1 aromatic rings. The first-order chi connectivity index (χ1) is 12.5. The van der Waals surface area contributed by atoms with Gasteiger partial charge in [-0.05, 0) is 62.8 Å². The molecule has 5 nitrogen and oxygen atoms in total. The van der Waals surface area contributed by atoms with Gasteiger partial charge in [0.15, 0.2) is 0 Å². The van der Waals surface area contributed by atoms with Crippen molar-refractivity contribution in [1.29, 1.82) is 0 Å². The van der Waals surface area contributed by atoms with Gasteiger partial charge in [0, 0.05) is 0 Å². The van der Waals surface area contributed by atoms with Crippen LogP contribution < -0.4 is 0 Å². The van der Waals surface area contributed by atoms with Crippen molar-refractivity contribution in [2.45, 2.75) is 84.0 Å². The van der Waals surface area contributed by atoms with Gasteiger partial charge in [0.05, 0.1) is 23.8 Å². The highest BCUT2D eigenvalue weighted by molar-refractivity contribution is 5.95. The largest absolute Gasteiger partial charge is 0.459 e. The van der Waals surface area contributed by atoms with Crippen molar-refractivity contribution in [3.63, 3.8) is 0 Å². The Hall–Kier alpha value is -1.88. The Kier molecular flexibility index (Phi) is 8.10. The minimum atomic E-state index is -0.476. The van der Waals surface area contributed by atoms with Crippen LogP contribution in [0.4, 0.5) is 0 Å². The van der Waals surface area contributed by atoms with Crippen molar-refractivity contribution in [3.05, 3.63) is 34.9 Å². The zero-order valence-corrected chi connectivity index (χ0v) is 15.8. The van der Waals surface area contributed by atoms with Gasteiger partial charge < -0.3 is 14.6 Å². The van der Waals surface area contributed by atoms with Crippen LogP contribution in [-0.4, -0.2) is 29.3 Å². The summed E-state index contributed by atoms with van der Waals surface area (Å²) < 4.78 is 11.0. The zero-order chi connectivity index (χ0) is 18.9. The molecule has 0 aromatic heterocycles. The van der Waals surface area contributed by atoms with Crippen LogP contribution in [0, 0.1) is 0 Å². The van der Waals surface area contributed by atoms with Crippen LogP contribution in [0.3, 0.4) is 0 Å². The van der Waals surface area contributed by atoms with Crippen molar-refractivity contribution in [2.75, 3.05) is 0 Å². The molecule has 144 valence electrons. The van der Waals surface area contributed by atoms with Crippen molar-refractivity contribution in [2.24, 2.45) is 0 Å². The first-order valence-corrected chi connectivity index (χ1v) is 9.70. The van der Waals surface area contributed by atoms with Gasteiger partial charge in [0.2, 0.25) is 0 Å². The number of ether oxygens (including phenoxy) is 2. The van der Waals surface area contributed by atoms with E-state index in [1.165, 1.54) is 12.5 Å². The second-order valence-electron chi connectivity index (χ2n) is 7.10. The molecule has 1 atom stereocenters. The van der Waals surface area contributed by atoms with Crippen LogP contribution in [0.25, 0.3) is 0 Å². The maximum Gasteiger partial charge on any atom is 0.338 e. The molecule has 0 amide bonds. The lowest BCUT2D eigenvalue weighted by Crippen LogP contribution is -2.21. The molecule has 1 aromatic carbocycles. The van der Waals surface area contributed by atoms with Crippen LogP contribution in [0.1, 0.15) is 91.5 Å². The van der Waals surface area contributed by atoms with Crippen LogP contribution in [0.2, 0.25) is 0 Å². The maximum atomic E-state index is 12.5. The Morgan fingerprint density at radius 3 is 2.38 bits per heavy atom. The van der Waals surface area contributed by atoms with E-state index in [1.807, 2.05) is 6.92 Å². The Morgan fingerprint density at radius 1 is 1.12 bits per heavy atom. The Labute approximate surface area is 155 Å². The lowest BCUT2D eigenvalue weighted by Gasteiger charge is -2.22. The summed E-state index contributed by atoms with van der Waals surface area (Å²) in [4.78, 5) is 24.9. The predicted octanol–water partition coefficient (Wildman–Crippen LogP) is 4.40.